The van der Waals surface area contributed by atoms with Gasteiger partial charge >= 0.3 is 0 Å². The molecule has 2 N–H and O–H groups in total. The lowest BCUT2D eigenvalue weighted by Gasteiger charge is -2.13. The molecular formula is C25H28ClN3O6S2. The van der Waals surface area contributed by atoms with Gasteiger partial charge in [-0.1, -0.05) is 17.7 Å². The summed E-state index contributed by atoms with van der Waals surface area (Å²) in [7, 11) is -4.68. The second kappa shape index (κ2) is 11.5. The first kappa shape index (κ1) is 28.5. The Bertz CT molecular complexity index is 1510. The van der Waals surface area contributed by atoms with Gasteiger partial charge in [0.15, 0.2) is 0 Å². The van der Waals surface area contributed by atoms with Crippen molar-refractivity contribution in [2.24, 2.45) is 0 Å². The van der Waals surface area contributed by atoms with E-state index in [1.165, 1.54) is 56.6 Å². The average Bonchev–Trinajstić information content (AvgIpc) is 2.84. The van der Waals surface area contributed by atoms with Gasteiger partial charge in [0.1, 0.15) is 17.3 Å². The lowest BCUT2D eigenvalue weighted by Crippen LogP contribution is -2.28. The van der Waals surface area contributed by atoms with E-state index in [0.29, 0.717) is 11.4 Å². The Labute approximate surface area is 222 Å². The van der Waals surface area contributed by atoms with Crippen molar-refractivity contribution in [3.63, 3.8) is 0 Å². The van der Waals surface area contributed by atoms with Gasteiger partial charge in [-0.25, -0.2) is 21.1 Å². The molecule has 0 saturated heterocycles. The molecule has 3 aromatic rings. The number of nitrogens with zero attached hydrogens (tertiary/aromatic N) is 1. The molecule has 0 heterocycles. The molecule has 0 bridgehead atoms. The van der Waals surface area contributed by atoms with Crippen LogP contribution in [0.2, 0.25) is 5.02 Å². The summed E-state index contributed by atoms with van der Waals surface area (Å²) < 4.78 is 59.3. The van der Waals surface area contributed by atoms with Crippen molar-refractivity contribution in [1.29, 1.82) is 0 Å². The fourth-order valence-electron chi connectivity index (χ4n) is 3.22. The van der Waals surface area contributed by atoms with E-state index in [1.807, 2.05) is 13.8 Å². The van der Waals surface area contributed by atoms with Crippen LogP contribution in [0.4, 0.5) is 5.69 Å². The highest BCUT2D eigenvalue weighted by Gasteiger charge is 2.21. The number of carbonyl (C=O) groups excluding carboxylic acids is 1. The Hall–Kier alpha value is -3.12. The number of anilines is 1. The number of hydrogen-bond acceptors (Lipinski definition) is 6. The Morgan fingerprint density at radius 1 is 0.919 bits per heavy atom. The van der Waals surface area contributed by atoms with E-state index in [1.54, 1.807) is 18.2 Å². The van der Waals surface area contributed by atoms with Gasteiger partial charge in [-0.05, 0) is 79.6 Å². The highest BCUT2D eigenvalue weighted by Crippen LogP contribution is 2.26. The first-order valence-corrected chi connectivity index (χ1v) is 14.4. The minimum absolute atomic E-state index is 0.0176. The summed E-state index contributed by atoms with van der Waals surface area (Å²) in [6, 6.07) is 15.1. The minimum atomic E-state index is -4.04. The summed E-state index contributed by atoms with van der Waals surface area (Å²) in [5.41, 5.74) is 2.45. The SMILES string of the molecule is Cc1ccc(NS(=O)(=O)c2cc(C(=O)NCCOc3ccc(S(=O)(=O)N(C)C)cc3)ccc2Cl)cc1C. The van der Waals surface area contributed by atoms with Crippen molar-refractivity contribution >= 4 is 43.2 Å². The van der Waals surface area contributed by atoms with Crippen molar-refractivity contribution in [2.45, 2.75) is 23.6 Å². The summed E-state index contributed by atoms with van der Waals surface area (Å²) in [6.07, 6.45) is 0. The molecule has 0 fully saturated rings. The van der Waals surface area contributed by atoms with Gasteiger partial charge in [0.05, 0.1) is 16.5 Å². The van der Waals surface area contributed by atoms with Crippen LogP contribution in [0.5, 0.6) is 5.75 Å². The van der Waals surface area contributed by atoms with Crippen LogP contribution in [0.3, 0.4) is 0 Å². The van der Waals surface area contributed by atoms with Gasteiger partial charge in [0, 0.05) is 25.3 Å². The van der Waals surface area contributed by atoms with E-state index in [9.17, 15) is 21.6 Å². The number of ether oxygens (including phenoxy) is 1. The van der Waals surface area contributed by atoms with Gasteiger partial charge < -0.3 is 10.1 Å². The molecule has 0 atom stereocenters. The first-order chi connectivity index (χ1) is 17.3. The average molecular weight is 566 g/mol. The molecule has 0 aromatic heterocycles. The van der Waals surface area contributed by atoms with Crippen molar-refractivity contribution in [2.75, 3.05) is 32.0 Å². The summed E-state index contributed by atoms with van der Waals surface area (Å²) in [6.45, 7) is 4.03. The highest BCUT2D eigenvalue weighted by molar-refractivity contribution is 7.92. The van der Waals surface area contributed by atoms with Crippen molar-refractivity contribution in [3.05, 3.63) is 82.4 Å². The van der Waals surface area contributed by atoms with E-state index >= 15 is 0 Å². The molecule has 0 saturated carbocycles. The molecule has 9 nitrogen and oxygen atoms in total. The quantitative estimate of drug-likeness (QED) is 0.360. The maximum Gasteiger partial charge on any atom is 0.263 e. The summed E-state index contributed by atoms with van der Waals surface area (Å²) in [5.74, 6) is -0.0698. The normalized spacial score (nSPS) is 11.8. The topological polar surface area (TPSA) is 122 Å². The largest absolute Gasteiger partial charge is 0.492 e. The number of sulfonamides is 2. The Kier molecular flexibility index (Phi) is 8.85. The van der Waals surface area contributed by atoms with E-state index in [2.05, 4.69) is 10.0 Å². The Morgan fingerprint density at radius 3 is 2.22 bits per heavy atom. The molecule has 0 spiro atoms. The number of hydrogen-bond donors (Lipinski definition) is 2. The van der Waals surface area contributed by atoms with Crippen LogP contribution in [0, 0.1) is 13.8 Å². The highest BCUT2D eigenvalue weighted by atomic mass is 35.5. The molecule has 0 unspecified atom stereocenters. The lowest BCUT2D eigenvalue weighted by atomic mass is 10.1. The molecule has 198 valence electrons. The van der Waals surface area contributed by atoms with Gasteiger partial charge in [0.2, 0.25) is 10.0 Å². The molecule has 0 aliphatic heterocycles. The van der Waals surface area contributed by atoms with Gasteiger partial charge in [-0.2, -0.15) is 0 Å². The zero-order valence-electron chi connectivity index (χ0n) is 20.8. The molecule has 37 heavy (non-hydrogen) atoms. The van der Waals surface area contributed by atoms with E-state index in [4.69, 9.17) is 16.3 Å². The summed E-state index contributed by atoms with van der Waals surface area (Å²) >= 11 is 6.15. The zero-order chi connectivity index (χ0) is 27.4. The summed E-state index contributed by atoms with van der Waals surface area (Å²) in [5, 5.41) is 2.64. The van der Waals surface area contributed by atoms with Crippen LogP contribution in [-0.2, 0) is 20.0 Å². The smallest absolute Gasteiger partial charge is 0.263 e. The third-order valence-corrected chi connectivity index (χ3v) is 9.19. The van der Waals surface area contributed by atoms with Crippen LogP contribution < -0.4 is 14.8 Å². The van der Waals surface area contributed by atoms with E-state index < -0.39 is 26.0 Å². The molecule has 0 aliphatic rings. The number of nitrogens with one attached hydrogen (secondary N) is 2. The van der Waals surface area contributed by atoms with Gasteiger partial charge in [0.25, 0.3) is 15.9 Å². The fourth-order valence-corrected chi connectivity index (χ4v) is 5.70. The van der Waals surface area contributed by atoms with E-state index in [-0.39, 0.29) is 33.5 Å². The van der Waals surface area contributed by atoms with Crippen LogP contribution in [-0.4, -0.2) is 54.3 Å². The fraction of sp³-hybridized carbons (Fsp3) is 0.240. The monoisotopic (exact) mass is 565 g/mol. The van der Waals surface area contributed by atoms with Crippen molar-refractivity contribution in [1.82, 2.24) is 9.62 Å². The van der Waals surface area contributed by atoms with Gasteiger partial charge in [-0.15, -0.1) is 0 Å². The number of benzene rings is 3. The standard InChI is InChI=1S/C25H28ClN3O6S2/c1-17-5-7-20(15-18(17)2)28-36(31,32)24-16-19(6-12-23(24)26)25(30)27-13-14-35-21-8-10-22(11-9-21)37(33,34)29(3)4/h5-12,15-16,28H,13-14H2,1-4H3,(H,27,30). The molecule has 3 aromatic carbocycles. The Balaban J connectivity index is 1.61. The summed E-state index contributed by atoms with van der Waals surface area (Å²) in [4.78, 5) is 12.5. The van der Waals surface area contributed by atoms with Crippen LogP contribution in [0.1, 0.15) is 21.5 Å². The minimum Gasteiger partial charge on any atom is -0.492 e. The third-order valence-electron chi connectivity index (χ3n) is 5.50. The first-order valence-electron chi connectivity index (χ1n) is 11.1. The maximum atomic E-state index is 12.9. The maximum absolute atomic E-state index is 12.9. The number of halogens is 1. The van der Waals surface area contributed by atoms with Crippen LogP contribution in [0.25, 0.3) is 0 Å². The lowest BCUT2D eigenvalue weighted by molar-refractivity contribution is 0.0946. The van der Waals surface area contributed by atoms with Crippen molar-refractivity contribution in [3.8, 4) is 5.75 Å². The van der Waals surface area contributed by atoms with Gasteiger partial charge in [-0.3, -0.25) is 9.52 Å². The predicted molar refractivity (Wildman–Crippen MR) is 143 cm³/mol. The second-order valence-corrected chi connectivity index (χ2v) is 12.6. The van der Waals surface area contributed by atoms with Crippen LogP contribution in [0.15, 0.2) is 70.5 Å². The van der Waals surface area contributed by atoms with E-state index in [0.717, 1.165) is 15.4 Å². The number of rotatable bonds is 10. The third kappa shape index (κ3) is 7.01. The second-order valence-electron chi connectivity index (χ2n) is 8.41. The molecule has 0 radical (unpaired) electrons. The Morgan fingerprint density at radius 2 is 1.59 bits per heavy atom. The van der Waals surface area contributed by atoms with Crippen molar-refractivity contribution < 1.29 is 26.4 Å². The number of amides is 1. The number of carbonyl (C=O) groups is 1. The van der Waals surface area contributed by atoms with Crippen LogP contribution >= 0.6 is 11.6 Å². The zero-order valence-corrected chi connectivity index (χ0v) is 23.2. The molecule has 3 rings (SSSR count). The molecular weight excluding hydrogens is 538 g/mol. The molecule has 0 aliphatic carbocycles. The molecule has 1 amide bonds. The number of aryl methyl sites for hydroxylation is 2. The predicted octanol–water partition coefficient (Wildman–Crippen LogP) is 3.82. The molecule has 12 heteroatoms.